The summed E-state index contributed by atoms with van der Waals surface area (Å²) in [6, 6.07) is 17.5. The number of nitriles is 1. The van der Waals surface area contributed by atoms with Crippen molar-refractivity contribution in [2.75, 3.05) is 13.1 Å². The van der Waals surface area contributed by atoms with E-state index in [1.165, 1.54) is 0 Å². The van der Waals surface area contributed by atoms with Crippen LogP contribution < -0.4 is 15.4 Å². The van der Waals surface area contributed by atoms with Crippen LogP contribution in [-0.2, 0) is 22.6 Å². The molecule has 12 heteroatoms. The number of fused-ring (bicyclic) bond motifs is 2. The fourth-order valence-corrected chi connectivity index (χ4v) is 9.14. The van der Waals surface area contributed by atoms with Gasteiger partial charge in [0.1, 0.15) is 17.9 Å². The van der Waals surface area contributed by atoms with Gasteiger partial charge in [-0.25, -0.2) is 0 Å². The van der Waals surface area contributed by atoms with Crippen molar-refractivity contribution in [2.24, 2.45) is 11.8 Å². The molecule has 3 aromatic carbocycles. The summed E-state index contributed by atoms with van der Waals surface area (Å²) in [6.45, 7) is 2.56. The van der Waals surface area contributed by atoms with Crippen LogP contribution in [-0.4, -0.2) is 70.6 Å². The summed E-state index contributed by atoms with van der Waals surface area (Å²) in [5.74, 6) is 6.37. The van der Waals surface area contributed by atoms with E-state index in [1.807, 2.05) is 36.4 Å². The van der Waals surface area contributed by atoms with E-state index in [0.717, 1.165) is 92.5 Å². The van der Waals surface area contributed by atoms with Gasteiger partial charge in [-0.1, -0.05) is 23.4 Å². The highest BCUT2D eigenvalue weighted by Crippen LogP contribution is 2.34. The molecule has 2 N–H and O–H groups in total. The van der Waals surface area contributed by atoms with Gasteiger partial charge >= 0.3 is 0 Å². The van der Waals surface area contributed by atoms with Crippen LogP contribution in [0.4, 0.5) is 0 Å². The molecule has 0 bridgehead atoms. The molecule has 0 radical (unpaired) electrons. The van der Waals surface area contributed by atoms with Gasteiger partial charge in [0, 0.05) is 55.2 Å². The molecule has 3 aliphatic heterocycles. The van der Waals surface area contributed by atoms with Gasteiger partial charge in [-0.15, -0.1) is 0 Å². The van der Waals surface area contributed by atoms with Gasteiger partial charge < -0.3 is 10.1 Å². The van der Waals surface area contributed by atoms with E-state index in [4.69, 9.17) is 21.6 Å². The largest absolute Gasteiger partial charge is 0.490 e. The normalized spacial score (nSPS) is 24.7. The lowest BCUT2D eigenvalue weighted by molar-refractivity contribution is -0.136. The van der Waals surface area contributed by atoms with E-state index in [2.05, 4.69) is 33.4 Å². The standard InChI is InChI=1S/C45H44ClN5O6/c46-39-23-36(14-11-32(39)24-47)57-35-15-12-34(13-16-35)48-42(53)30-9-7-28(8-10-30)2-1-27-3-5-29(6-4-27)25-50-20-19-31-21-37-38(22-33(31)26-50)45(56)51(44(37)55)40-17-18-41(52)49-43(40)54/h7-11,14,21-23,27,29,34-35,40H,3-6,12-13,15-20,25-26H2,(H,48,53)(H,49,52,54). The monoisotopic (exact) mass is 785 g/mol. The minimum absolute atomic E-state index is 0.0393. The molecule has 0 spiro atoms. The van der Waals surface area contributed by atoms with Gasteiger partial charge in [-0.05, 0) is 130 Å². The minimum Gasteiger partial charge on any atom is -0.490 e. The summed E-state index contributed by atoms with van der Waals surface area (Å²) < 4.78 is 6.08. The number of amides is 5. The second-order valence-corrected chi connectivity index (χ2v) is 16.4. The lowest BCUT2D eigenvalue weighted by Crippen LogP contribution is -2.54. The number of carbonyl (C=O) groups is 5. The Morgan fingerprint density at radius 1 is 0.860 bits per heavy atom. The number of nitrogens with zero attached hydrogens (tertiary/aromatic N) is 3. The maximum absolute atomic E-state index is 13.4. The second kappa shape index (κ2) is 16.5. The van der Waals surface area contributed by atoms with Crippen molar-refractivity contribution in [1.29, 1.82) is 5.26 Å². The number of nitrogens with one attached hydrogen (secondary N) is 2. The molecule has 3 heterocycles. The Labute approximate surface area is 337 Å². The van der Waals surface area contributed by atoms with Gasteiger partial charge in [0.15, 0.2) is 0 Å². The number of halogens is 1. The number of carbonyl (C=O) groups excluding carboxylic acids is 5. The predicted octanol–water partition coefficient (Wildman–Crippen LogP) is 5.95. The van der Waals surface area contributed by atoms with E-state index in [1.54, 1.807) is 18.2 Å². The van der Waals surface area contributed by atoms with Gasteiger partial charge in [0.05, 0.1) is 27.8 Å². The summed E-state index contributed by atoms with van der Waals surface area (Å²) >= 11 is 6.15. The number of hydrogen-bond donors (Lipinski definition) is 2. The Kier molecular flexibility index (Phi) is 11.1. The van der Waals surface area contributed by atoms with Crippen LogP contribution in [0.25, 0.3) is 0 Å². The lowest BCUT2D eigenvalue weighted by Gasteiger charge is -2.34. The van der Waals surface area contributed by atoms with Gasteiger partial charge in [-0.2, -0.15) is 5.26 Å². The first-order chi connectivity index (χ1) is 27.6. The third-order valence-electron chi connectivity index (χ3n) is 12.2. The molecule has 0 aromatic heterocycles. The van der Waals surface area contributed by atoms with E-state index < -0.39 is 23.8 Å². The Balaban J connectivity index is 0.772. The minimum atomic E-state index is -0.962. The Morgan fingerprint density at radius 2 is 1.58 bits per heavy atom. The number of ether oxygens (including phenoxy) is 1. The van der Waals surface area contributed by atoms with Crippen molar-refractivity contribution < 1.29 is 28.7 Å². The number of hydrogen-bond acceptors (Lipinski definition) is 8. The molecule has 1 unspecified atom stereocenters. The molecule has 2 saturated carbocycles. The molecular weight excluding hydrogens is 742 g/mol. The zero-order valence-corrected chi connectivity index (χ0v) is 32.4. The van der Waals surface area contributed by atoms with E-state index in [0.29, 0.717) is 51.4 Å². The number of rotatable bonds is 7. The van der Waals surface area contributed by atoms with E-state index in [-0.39, 0.29) is 36.8 Å². The average molecular weight is 786 g/mol. The fourth-order valence-electron chi connectivity index (χ4n) is 8.93. The highest BCUT2D eigenvalue weighted by Gasteiger charge is 2.45. The number of piperidine rings is 1. The molecular formula is C45H44ClN5O6. The third kappa shape index (κ3) is 8.46. The summed E-state index contributed by atoms with van der Waals surface area (Å²) in [4.78, 5) is 67.2. The topological polar surface area (TPSA) is 149 Å². The van der Waals surface area contributed by atoms with Crippen LogP contribution >= 0.6 is 11.6 Å². The number of imide groups is 2. The third-order valence-corrected chi connectivity index (χ3v) is 12.5. The van der Waals surface area contributed by atoms with Gasteiger partial charge in [-0.3, -0.25) is 39.1 Å². The highest BCUT2D eigenvalue weighted by atomic mass is 35.5. The smallest absolute Gasteiger partial charge is 0.262 e. The maximum atomic E-state index is 13.4. The quantitative estimate of drug-likeness (QED) is 0.221. The first kappa shape index (κ1) is 38.4. The molecule has 11 nitrogen and oxygen atoms in total. The van der Waals surface area contributed by atoms with Crippen LogP contribution in [0, 0.1) is 35.0 Å². The van der Waals surface area contributed by atoms with Crippen LogP contribution in [0.5, 0.6) is 5.75 Å². The summed E-state index contributed by atoms with van der Waals surface area (Å²) in [5.41, 5.74) is 4.75. The molecule has 8 rings (SSSR count). The van der Waals surface area contributed by atoms with Crippen LogP contribution in [0.2, 0.25) is 5.02 Å². The molecule has 2 aliphatic carbocycles. The van der Waals surface area contributed by atoms with Crippen molar-refractivity contribution in [3.63, 3.8) is 0 Å². The molecule has 5 amide bonds. The fraction of sp³-hybridized carbons (Fsp3) is 0.422. The van der Waals surface area contributed by atoms with Gasteiger partial charge in [0.25, 0.3) is 17.7 Å². The number of benzene rings is 3. The van der Waals surface area contributed by atoms with Gasteiger partial charge in [0.2, 0.25) is 11.8 Å². The van der Waals surface area contributed by atoms with Crippen LogP contribution in [0.3, 0.4) is 0 Å². The summed E-state index contributed by atoms with van der Waals surface area (Å²) in [7, 11) is 0. The first-order valence-corrected chi connectivity index (χ1v) is 20.4. The van der Waals surface area contributed by atoms with Crippen molar-refractivity contribution >= 4 is 41.1 Å². The van der Waals surface area contributed by atoms with Crippen molar-refractivity contribution in [2.45, 2.75) is 95.4 Å². The van der Waals surface area contributed by atoms with Crippen molar-refractivity contribution in [3.05, 3.63) is 98.6 Å². The Bertz CT molecular complexity index is 2220. The Morgan fingerprint density at radius 3 is 2.26 bits per heavy atom. The molecule has 1 saturated heterocycles. The van der Waals surface area contributed by atoms with E-state index >= 15 is 0 Å². The Hall–Kier alpha value is -5.49. The van der Waals surface area contributed by atoms with Crippen molar-refractivity contribution in [3.8, 4) is 23.7 Å². The molecule has 57 heavy (non-hydrogen) atoms. The summed E-state index contributed by atoms with van der Waals surface area (Å²) in [5, 5.41) is 14.9. The second-order valence-electron chi connectivity index (χ2n) is 16.0. The van der Waals surface area contributed by atoms with Crippen LogP contribution in [0.1, 0.15) is 118 Å². The zero-order chi connectivity index (χ0) is 39.6. The predicted molar refractivity (Wildman–Crippen MR) is 211 cm³/mol. The maximum Gasteiger partial charge on any atom is 0.262 e. The molecule has 292 valence electrons. The first-order valence-electron chi connectivity index (χ1n) is 20.0. The molecule has 3 aromatic rings. The SMILES string of the molecule is N#Cc1ccc(OC2CCC(NC(=O)c3ccc(C#CC4CCC(CN5CCc6cc7c(cc6C5)C(=O)N(C5CCC(=O)NC5=O)C7=O)CC4)cc3)CC2)cc1Cl. The molecule has 5 aliphatic rings. The lowest BCUT2D eigenvalue weighted by atomic mass is 9.81. The highest BCUT2D eigenvalue weighted by molar-refractivity contribution is 6.31. The average Bonchev–Trinajstić information content (AvgIpc) is 3.45. The van der Waals surface area contributed by atoms with Crippen molar-refractivity contribution in [1.82, 2.24) is 20.4 Å². The molecule has 3 fully saturated rings. The van der Waals surface area contributed by atoms with E-state index in [9.17, 15) is 24.0 Å². The molecule has 1 atom stereocenters. The summed E-state index contributed by atoms with van der Waals surface area (Å²) in [6.07, 6.45) is 8.61. The zero-order valence-electron chi connectivity index (χ0n) is 31.7. The van der Waals surface area contributed by atoms with Crippen LogP contribution in [0.15, 0.2) is 54.6 Å².